The number of hydrogen-bond donors (Lipinski definition) is 1. The Morgan fingerprint density at radius 2 is 2.33 bits per heavy atom. The van der Waals surface area contributed by atoms with Crippen LogP contribution in [0.1, 0.15) is 19.3 Å². The van der Waals surface area contributed by atoms with Crippen LogP contribution in [0.2, 0.25) is 0 Å². The number of carbonyl (C=O) groups excluding carboxylic acids is 1. The van der Waals surface area contributed by atoms with Crippen molar-refractivity contribution in [2.75, 3.05) is 31.3 Å². The van der Waals surface area contributed by atoms with Gasteiger partial charge < -0.3 is 15.0 Å². The summed E-state index contributed by atoms with van der Waals surface area (Å²) < 4.78 is 7.61. The Kier molecular flexibility index (Phi) is 4.65. The van der Waals surface area contributed by atoms with Gasteiger partial charge in [-0.05, 0) is 43.7 Å². The molecule has 2 fully saturated rings. The van der Waals surface area contributed by atoms with Crippen LogP contribution in [0.25, 0.3) is 10.2 Å². The highest BCUT2D eigenvalue weighted by molar-refractivity contribution is 8.00. The van der Waals surface area contributed by atoms with Crippen molar-refractivity contribution in [3.63, 3.8) is 0 Å². The molecule has 1 aromatic carbocycles. The zero-order valence-electron chi connectivity index (χ0n) is 13.7. The highest BCUT2D eigenvalue weighted by Crippen LogP contribution is 2.32. The first-order valence-electron chi connectivity index (χ1n) is 8.33. The number of carbonyl (C=O) groups is 1. The number of benzene rings is 1. The lowest BCUT2D eigenvalue weighted by Crippen LogP contribution is -2.40. The topological polar surface area (TPSA) is 54.5 Å². The van der Waals surface area contributed by atoms with E-state index in [1.165, 1.54) is 0 Å². The SMILES string of the molecule is CSc1nc2ccc(NC(=O)N(C[C@@H]3CCOC3)C3CC3)cc2s1. The molecule has 1 saturated heterocycles. The van der Waals surface area contributed by atoms with Gasteiger partial charge in [-0.2, -0.15) is 0 Å². The van der Waals surface area contributed by atoms with Crippen molar-refractivity contribution in [3.8, 4) is 0 Å². The molecule has 4 rings (SSSR count). The molecule has 128 valence electrons. The van der Waals surface area contributed by atoms with Crippen molar-refractivity contribution >= 4 is 45.0 Å². The number of ether oxygens (including phenoxy) is 1. The van der Waals surface area contributed by atoms with Gasteiger partial charge in [0.2, 0.25) is 0 Å². The Morgan fingerprint density at radius 1 is 1.46 bits per heavy atom. The molecule has 1 aliphatic heterocycles. The number of rotatable bonds is 5. The number of urea groups is 1. The van der Waals surface area contributed by atoms with Gasteiger partial charge in [0.1, 0.15) is 0 Å². The zero-order chi connectivity index (χ0) is 16.5. The minimum absolute atomic E-state index is 0.0124. The molecule has 2 aromatic rings. The van der Waals surface area contributed by atoms with Gasteiger partial charge >= 0.3 is 6.03 Å². The van der Waals surface area contributed by atoms with Crippen LogP contribution >= 0.6 is 23.1 Å². The molecule has 1 saturated carbocycles. The molecule has 0 spiro atoms. The van der Waals surface area contributed by atoms with Crippen molar-refractivity contribution in [1.29, 1.82) is 0 Å². The van der Waals surface area contributed by atoms with Crippen LogP contribution in [0.4, 0.5) is 10.5 Å². The number of thiazole rings is 1. The molecule has 1 aliphatic carbocycles. The number of nitrogens with one attached hydrogen (secondary N) is 1. The van der Waals surface area contributed by atoms with E-state index in [4.69, 9.17) is 4.74 Å². The van der Waals surface area contributed by atoms with Crippen molar-refractivity contribution in [1.82, 2.24) is 9.88 Å². The third kappa shape index (κ3) is 3.53. The summed E-state index contributed by atoms with van der Waals surface area (Å²) in [6, 6.07) is 6.36. The van der Waals surface area contributed by atoms with Gasteiger partial charge in [0.05, 0.1) is 16.8 Å². The Hall–Kier alpha value is -1.31. The second kappa shape index (κ2) is 6.90. The maximum Gasteiger partial charge on any atom is 0.322 e. The first kappa shape index (κ1) is 16.2. The predicted octanol–water partition coefficient (Wildman–Crippen LogP) is 4.05. The molecule has 2 aliphatic rings. The molecule has 0 bridgehead atoms. The van der Waals surface area contributed by atoms with Crippen LogP contribution in [0.15, 0.2) is 22.5 Å². The molecule has 0 unspecified atom stereocenters. The van der Waals surface area contributed by atoms with Crippen LogP contribution in [0, 0.1) is 5.92 Å². The number of fused-ring (bicyclic) bond motifs is 1. The number of thioether (sulfide) groups is 1. The molecule has 24 heavy (non-hydrogen) atoms. The van der Waals surface area contributed by atoms with Crippen LogP contribution in [0.5, 0.6) is 0 Å². The van der Waals surface area contributed by atoms with Crippen LogP contribution in [-0.4, -0.2) is 48.0 Å². The van der Waals surface area contributed by atoms with Crippen LogP contribution in [0.3, 0.4) is 0 Å². The summed E-state index contributed by atoms with van der Waals surface area (Å²) in [6.07, 6.45) is 5.32. The predicted molar refractivity (Wildman–Crippen MR) is 99.1 cm³/mol. The number of nitrogens with zero attached hydrogens (tertiary/aromatic N) is 2. The minimum Gasteiger partial charge on any atom is -0.381 e. The Balaban J connectivity index is 1.46. The fraction of sp³-hybridized carbons (Fsp3) is 0.529. The normalized spacial score (nSPS) is 20.5. The molecule has 2 heterocycles. The quantitative estimate of drug-likeness (QED) is 0.814. The number of amides is 2. The van der Waals surface area contributed by atoms with E-state index in [2.05, 4.69) is 10.3 Å². The van der Waals surface area contributed by atoms with E-state index >= 15 is 0 Å². The van der Waals surface area contributed by atoms with E-state index in [-0.39, 0.29) is 6.03 Å². The molecule has 1 atom stereocenters. The Bertz CT molecular complexity index is 739. The van der Waals surface area contributed by atoms with Gasteiger partial charge in [0.25, 0.3) is 0 Å². The maximum atomic E-state index is 12.7. The van der Waals surface area contributed by atoms with Gasteiger partial charge in [0.15, 0.2) is 4.34 Å². The highest BCUT2D eigenvalue weighted by atomic mass is 32.2. The molecule has 0 radical (unpaired) electrons. The molecule has 2 amide bonds. The maximum absolute atomic E-state index is 12.7. The summed E-state index contributed by atoms with van der Waals surface area (Å²) in [5.41, 5.74) is 1.83. The molecule has 7 heteroatoms. The van der Waals surface area contributed by atoms with Gasteiger partial charge in [-0.1, -0.05) is 11.8 Å². The van der Waals surface area contributed by atoms with Crippen molar-refractivity contribution in [2.45, 2.75) is 29.6 Å². The van der Waals surface area contributed by atoms with Crippen LogP contribution in [-0.2, 0) is 4.74 Å². The van der Waals surface area contributed by atoms with Gasteiger partial charge in [0, 0.05) is 30.8 Å². The monoisotopic (exact) mass is 363 g/mol. The summed E-state index contributed by atoms with van der Waals surface area (Å²) in [4.78, 5) is 19.3. The lowest BCUT2D eigenvalue weighted by Gasteiger charge is -2.25. The number of aromatic nitrogens is 1. The summed E-state index contributed by atoms with van der Waals surface area (Å²) in [5.74, 6) is 0.476. The Morgan fingerprint density at radius 3 is 3.04 bits per heavy atom. The second-order valence-electron chi connectivity index (χ2n) is 6.41. The van der Waals surface area contributed by atoms with E-state index in [0.717, 1.165) is 59.3 Å². The van der Waals surface area contributed by atoms with Gasteiger partial charge in [-0.25, -0.2) is 9.78 Å². The van der Waals surface area contributed by atoms with E-state index in [9.17, 15) is 4.79 Å². The Labute approximate surface area is 149 Å². The fourth-order valence-corrected chi connectivity index (χ4v) is 4.58. The van der Waals surface area contributed by atoms with Gasteiger partial charge in [-0.15, -0.1) is 11.3 Å². The van der Waals surface area contributed by atoms with Crippen LogP contribution < -0.4 is 5.32 Å². The third-order valence-electron chi connectivity index (χ3n) is 4.52. The third-order valence-corrected chi connectivity index (χ3v) is 6.53. The average molecular weight is 364 g/mol. The smallest absolute Gasteiger partial charge is 0.322 e. The highest BCUT2D eigenvalue weighted by Gasteiger charge is 2.34. The number of hydrogen-bond acceptors (Lipinski definition) is 5. The first-order valence-corrected chi connectivity index (χ1v) is 10.4. The summed E-state index contributed by atoms with van der Waals surface area (Å²) >= 11 is 3.31. The second-order valence-corrected chi connectivity index (χ2v) is 8.49. The summed E-state index contributed by atoms with van der Waals surface area (Å²) in [6.45, 7) is 2.40. The first-order chi connectivity index (χ1) is 11.7. The van der Waals surface area contributed by atoms with Crippen molar-refractivity contribution in [3.05, 3.63) is 18.2 Å². The largest absolute Gasteiger partial charge is 0.381 e. The fourth-order valence-electron chi connectivity index (χ4n) is 3.05. The average Bonchev–Trinajstić information content (AvgIpc) is 3.13. The molecule has 1 N–H and O–H groups in total. The lowest BCUT2D eigenvalue weighted by molar-refractivity contribution is 0.167. The van der Waals surface area contributed by atoms with E-state index in [1.807, 2.05) is 29.4 Å². The van der Waals surface area contributed by atoms with E-state index < -0.39 is 0 Å². The minimum atomic E-state index is 0.0124. The van der Waals surface area contributed by atoms with E-state index in [1.54, 1.807) is 23.1 Å². The van der Waals surface area contributed by atoms with Gasteiger partial charge in [-0.3, -0.25) is 0 Å². The lowest BCUT2D eigenvalue weighted by atomic mass is 10.1. The van der Waals surface area contributed by atoms with Crippen molar-refractivity contribution < 1.29 is 9.53 Å². The van der Waals surface area contributed by atoms with E-state index in [0.29, 0.717) is 12.0 Å². The molecular formula is C17H21N3O2S2. The summed E-state index contributed by atoms with van der Waals surface area (Å²) in [7, 11) is 0. The summed E-state index contributed by atoms with van der Waals surface area (Å²) in [5, 5.41) is 3.07. The molecular weight excluding hydrogens is 342 g/mol. The zero-order valence-corrected chi connectivity index (χ0v) is 15.3. The molecule has 1 aromatic heterocycles. The van der Waals surface area contributed by atoms with Crippen molar-refractivity contribution in [2.24, 2.45) is 5.92 Å². The number of anilines is 1. The molecule has 5 nitrogen and oxygen atoms in total. The standard InChI is InChI=1S/C17H21N3O2S2/c1-23-17-19-14-5-2-12(8-15(14)24-17)18-16(21)20(13-3-4-13)9-11-6-7-22-10-11/h2,5,8,11,13H,3-4,6-7,9-10H2,1H3,(H,18,21)/t11-/m0/s1.